The maximum atomic E-state index is 4.45. The summed E-state index contributed by atoms with van der Waals surface area (Å²) in [6, 6.07) is 4.02. The van der Waals surface area contributed by atoms with E-state index in [4.69, 9.17) is 0 Å². The average Bonchev–Trinajstić information content (AvgIpc) is 2.90. The first-order valence-electron chi connectivity index (χ1n) is 6.09. The van der Waals surface area contributed by atoms with Gasteiger partial charge in [0.2, 0.25) is 0 Å². The van der Waals surface area contributed by atoms with Crippen molar-refractivity contribution in [2.24, 2.45) is 0 Å². The Balaban J connectivity index is 1.93. The molecule has 2 N–H and O–H groups in total. The van der Waals surface area contributed by atoms with Crippen LogP contribution in [-0.4, -0.2) is 28.0 Å². The second-order valence-corrected chi connectivity index (χ2v) is 4.43. The van der Waals surface area contributed by atoms with Gasteiger partial charge in [0.25, 0.3) is 0 Å². The summed E-state index contributed by atoms with van der Waals surface area (Å²) < 4.78 is 0. The molecule has 3 heterocycles. The Morgan fingerprint density at radius 2 is 2.12 bits per heavy atom. The SMILES string of the molecule is c1cncc(-c2nc[nH]c2C2CCNCC2)c1. The Bertz CT molecular complexity index is 471. The van der Waals surface area contributed by atoms with Crippen molar-refractivity contribution < 1.29 is 0 Å². The fraction of sp³-hybridized carbons (Fsp3) is 0.385. The van der Waals surface area contributed by atoms with Crippen molar-refractivity contribution in [3.8, 4) is 11.3 Å². The third-order valence-electron chi connectivity index (χ3n) is 3.35. The zero-order chi connectivity index (χ0) is 11.5. The molecule has 2 aromatic rings. The Morgan fingerprint density at radius 1 is 1.24 bits per heavy atom. The molecular formula is C13H16N4. The molecule has 3 rings (SSSR count). The molecule has 1 aliphatic rings. The van der Waals surface area contributed by atoms with Crippen LogP contribution in [0.25, 0.3) is 11.3 Å². The van der Waals surface area contributed by atoms with E-state index in [9.17, 15) is 0 Å². The van der Waals surface area contributed by atoms with Crippen molar-refractivity contribution in [2.45, 2.75) is 18.8 Å². The lowest BCUT2D eigenvalue weighted by Crippen LogP contribution is -2.27. The summed E-state index contributed by atoms with van der Waals surface area (Å²) in [5.41, 5.74) is 3.42. The molecule has 4 nitrogen and oxygen atoms in total. The van der Waals surface area contributed by atoms with E-state index in [2.05, 4.69) is 26.3 Å². The van der Waals surface area contributed by atoms with Crippen LogP contribution < -0.4 is 5.32 Å². The monoisotopic (exact) mass is 228 g/mol. The molecule has 1 fully saturated rings. The van der Waals surface area contributed by atoms with E-state index in [-0.39, 0.29) is 0 Å². The van der Waals surface area contributed by atoms with Gasteiger partial charge in [0, 0.05) is 29.6 Å². The number of hydrogen-bond acceptors (Lipinski definition) is 3. The van der Waals surface area contributed by atoms with E-state index in [1.807, 2.05) is 12.3 Å². The van der Waals surface area contributed by atoms with E-state index in [1.165, 1.54) is 18.5 Å². The lowest BCUT2D eigenvalue weighted by molar-refractivity contribution is 0.455. The predicted molar refractivity (Wildman–Crippen MR) is 66.7 cm³/mol. The number of aromatic amines is 1. The van der Waals surface area contributed by atoms with Gasteiger partial charge in [-0.2, -0.15) is 0 Å². The summed E-state index contributed by atoms with van der Waals surface area (Å²) in [6.45, 7) is 2.19. The molecule has 17 heavy (non-hydrogen) atoms. The molecule has 1 saturated heterocycles. The first-order chi connectivity index (χ1) is 8.45. The zero-order valence-electron chi connectivity index (χ0n) is 9.69. The van der Waals surface area contributed by atoms with Crippen molar-refractivity contribution in [1.29, 1.82) is 0 Å². The molecule has 0 amide bonds. The molecule has 0 spiro atoms. The molecule has 0 aromatic carbocycles. The summed E-state index contributed by atoms with van der Waals surface area (Å²) in [4.78, 5) is 11.9. The number of aromatic nitrogens is 3. The number of rotatable bonds is 2. The van der Waals surface area contributed by atoms with Crippen LogP contribution in [0.1, 0.15) is 24.5 Å². The molecule has 0 radical (unpaired) electrons. The van der Waals surface area contributed by atoms with Crippen molar-refractivity contribution in [1.82, 2.24) is 20.3 Å². The highest BCUT2D eigenvalue weighted by molar-refractivity contribution is 5.61. The zero-order valence-corrected chi connectivity index (χ0v) is 9.69. The number of piperidine rings is 1. The van der Waals surface area contributed by atoms with Gasteiger partial charge in [-0.15, -0.1) is 0 Å². The number of H-pyrrole nitrogens is 1. The van der Waals surface area contributed by atoms with Crippen LogP contribution >= 0.6 is 0 Å². The minimum Gasteiger partial charge on any atom is -0.348 e. The molecule has 0 atom stereocenters. The van der Waals surface area contributed by atoms with Gasteiger partial charge in [0.15, 0.2) is 0 Å². The number of pyridine rings is 1. The Kier molecular flexibility index (Phi) is 2.88. The van der Waals surface area contributed by atoms with Crippen LogP contribution in [0.15, 0.2) is 30.9 Å². The van der Waals surface area contributed by atoms with Crippen molar-refractivity contribution in [3.63, 3.8) is 0 Å². The van der Waals surface area contributed by atoms with E-state index >= 15 is 0 Å². The molecule has 1 aliphatic heterocycles. The van der Waals surface area contributed by atoms with Gasteiger partial charge in [0.05, 0.1) is 12.0 Å². The highest BCUT2D eigenvalue weighted by Crippen LogP contribution is 2.30. The maximum absolute atomic E-state index is 4.45. The van der Waals surface area contributed by atoms with Crippen molar-refractivity contribution in [2.75, 3.05) is 13.1 Å². The van der Waals surface area contributed by atoms with Crippen LogP contribution in [0.5, 0.6) is 0 Å². The number of imidazole rings is 1. The smallest absolute Gasteiger partial charge is 0.0930 e. The Hall–Kier alpha value is -1.68. The largest absolute Gasteiger partial charge is 0.348 e. The Labute approximate surface area is 101 Å². The lowest BCUT2D eigenvalue weighted by atomic mass is 9.92. The van der Waals surface area contributed by atoms with E-state index in [1.54, 1.807) is 12.5 Å². The van der Waals surface area contributed by atoms with Gasteiger partial charge in [-0.25, -0.2) is 4.98 Å². The number of hydrogen-bond donors (Lipinski definition) is 2. The van der Waals surface area contributed by atoms with Crippen molar-refractivity contribution in [3.05, 3.63) is 36.5 Å². The van der Waals surface area contributed by atoms with Gasteiger partial charge in [-0.3, -0.25) is 4.98 Å². The summed E-state index contributed by atoms with van der Waals surface area (Å²) >= 11 is 0. The molecule has 2 aromatic heterocycles. The standard InChI is InChI=1S/C13H16N4/c1-2-11(8-15-5-1)13-12(16-9-17-13)10-3-6-14-7-4-10/h1-2,5,8-10,14H,3-4,6-7H2,(H,16,17). The summed E-state index contributed by atoms with van der Waals surface area (Å²) in [6.07, 6.45) is 7.81. The highest BCUT2D eigenvalue weighted by Gasteiger charge is 2.20. The Morgan fingerprint density at radius 3 is 2.88 bits per heavy atom. The topological polar surface area (TPSA) is 53.6 Å². The van der Waals surface area contributed by atoms with Crippen LogP contribution in [-0.2, 0) is 0 Å². The first-order valence-corrected chi connectivity index (χ1v) is 6.09. The van der Waals surface area contributed by atoms with Gasteiger partial charge in [-0.05, 0) is 38.1 Å². The molecule has 88 valence electrons. The molecule has 0 aliphatic carbocycles. The molecule has 0 bridgehead atoms. The fourth-order valence-electron chi connectivity index (χ4n) is 2.46. The van der Waals surface area contributed by atoms with Gasteiger partial charge in [0.1, 0.15) is 0 Å². The minimum atomic E-state index is 0.592. The normalized spacial score (nSPS) is 17.2. The summed E-state index contributed by atoms with van der Waals surface area (Å²) in [7, 11) is 0. The number of nitrogens with zero attached hydrogens (tertiary/aromatic N) is 2. The predicted octanol–water partition coefficient (Wildman–Crippen LogP) is 1.94. The van der Waals surface area contributed by atoms with Crippen LogP contribution in [0.3, 0.4) is 0 Å². The minimum absolute atomic E-state index is 0.592. The third kappa shape index (κ3) is 2.08. The molecule has 0 unspecified atom stereocenters. The summed E-state index contributed by atoms with van der Waals surface area (Å²) in [5.74, 6) is 0.592. The van der Waals surface area contributed by atoms with E-state index < -0.39 is 0 Å². The number of nitrogens with one attached hydrogen (secondary N) is 2. The van der Waals surface area contributed by atoms with Crippen molar-refractivity contribution >= 4 is 0 Å². The van der Waals surface area contributed by atoms with E-state index in [0.717, 1.165) is 24.3 Å². The van der Waals surface area contributed by atoms with Gasteiger partial charge >= 0.3 is 0 Å². The second-order valence-electron chi connectivity index (χ2n) is 4.43. The lowest BCUT2D eigenvalue weighted by Gasteiger charge is -2.22. The van der Waals surface area contributed by atoms with Crippen LogP contribution in [0.4, 0.5) is 0 Å². The molecular weight excluding hydrogens is 212 g/mol. The summed E-state index contributed by atoms with van der Waals surface area (Å²) in [5, 5.41) is 3.39. The second kappa shape index (κ2) is 4.67. The maximum Gasteiger partial charge on any atom is 0.0930 e. The van der Waals surface area contributed by atoms with Crippen LogP contribution in [0.2, 0.25) is 0 Å². The van der Waals surface area contributed by atoms with Gasteiger partial charge < -0.3 is 10.3 Å². The fourth-order valence-corrected chi connectivity index (χ4v) is 2.46. The van der Waals surface area contributed by atoms with E-state index in [0.29, 0.717) is 5.92 Å². The average molecular weight is 228 g/mol. The third-order valence-corrected chi connectivity index (χ3v) is 3.35. The quantitative estimate of drug-likeness (QED) is 0.826. The highest BCUT2D eigenvalue weighted by atomic mass is 14.9. The molecule has 4 heteroatoms. The first kappa shape index (κ1) is 10.5. The van der Waals surface area contributed by atoms with Crippen LogP contribution in [0, 0.1) is 0 Å². The van der Waals surface area contributed by atoms with Gasteiger partial charge in [-0.1, -0.05) is 0 Å². The molecule has 0 saturated carbocycles.